The van der Waals surface area contributed by atoms with Gasteiger partial charge in [0.25, 0.3) is 0 Å². The van der Waals surface area contributed by atoms with E-state index < -0.39 is 0 Å². The third-order valence-electron chi connectivity index (χ3n) is 1.33. The topological polar surface area (TPSA) is 30.2 Å². The van der Waals surface area contributed by atoms with Gasteiger partial charge < -0.3 is 0 Å². The molecule has 0 aliphatic rings. The molecule has 0 radical (unpaired) electrons. The number of hydrogen-bond acceptors (Lipinski definition) is 2. The molecule has 2 aromatic heterocycles. The zero-order valence-corrected chi connectivity index (χ0v) is 6.84. The van der Waals surface area contributed by atoms with Crippen LogP contribution in [0.25, 0.3) is 5.52 Å². The van der Waals surface area contributed by atoms with Crippen LogP contribution in [0.3, 0.4) is 0 Å². The van der Waals surface area contributed by atoms with Gasteiger partial charge in [-0.05, 0) is 11.6 Å². The van der Waals surface area contributed by atoms with Gasteiger partial charge in [-0.1, -0.05) is 11.6 Å². The summed E-state index contributed by atoms with van der Waals surface area (Å²) in [5, 5.41) is 0.702. The van der Waals surface area contributed by atoms with Crippen molar-refractivity contribution in [2.45, 2.75) is 0 Å². The molecule has 56 valence electrons. The third-order valence-corrected chi connectivity index (χ3v) is 1.79. The van der Waals surface area contributed by atoms with Gasteiger partial charge in [-0.25, -0.2) is 9.97 Å². The second kappa shape index (κ2) is 2.36. The quantitative estimate of drug-likeness (QED) is 0.467. The molecule has 0 N–H and O–H groups in total. The molecular weight excluding hydrogens is 185 g/mol. The molecule has 0 saturated carbocycles. The molecule has 11 heavy (non-hydrogen) atoms. The molecule has 0 spiro atoms. The molecule has 0 aromatic carbocycles. The Morgan fingerprint density at radius 3 is 3.00 bits per heavy atom. The molecule has 0 atom stereocenters. The van der Waals surface area contributed by atoms with Gasteiger partial charge in [0.2, 0.25) is 5.28 Å². The van der Waals surface area contributed by atoms with Crippen LogP contribution in [-0.2, 0) is 0 Å². The highest BCUT2D eigenvalue weighted by atomic mass is 35.5. The molecule has 0 bridgehead atoms. The summed E-state index contributed by atoms with van der Waals surface area (Å²) in [6.45, 7) is 0. The van der Waals surface area contributed by atoms with Crippen molar-refractivity contribution in [3.63, 3.8) is 0 Å². The zero-order chi connectivity index (χ0) is 7.84. The Balaban J connectivity index is 2.91. The lowest BCUT2D eigenvalue weighted by Crippen LogP contribution is -1.88. The maximum absolute atomic E-state index is 5.73. The molecule has 2 aromatic rings. The molecule has 2 heterocycles. The highest BCUT2D eigenvalue weighted by Crippen LogP contribution is 2.14. The van der Waals surface area contributed by atoms with Crippen molar-refractivity contribution < 1.29 is 0 Å². The van der Waals surface area contributed by atoms with Crippen molar-refractivity contribution in [1.82, 2.24) is 14.4 Å². The molecule has 0 aliphatic carbocycles. The summed E-state index contributed by atoms with van der Waals surface area (Å²) in [5.41, 5.74) is 0.843. The number of rotatable bonds is 0. The van der Waals surface area contributed by atoms with Crippen LogP contribution in [0.1, 0.15) is 0 Å². The van der Waals surface area contributed by atoms with E-state index in [1.807, 2.05) is 0 Å². The van der Waals surface area contributed by atoms with Crippen molar-refractivity contribution in [1.29, 1.82) is 0 Å². The molecule has 0 unspecified atom stereocenters. The van der Waals surface area contributed by atoms with Crippen molar-refractivity contribution in [3.05, 3.63) is 29.0 Å². The molecule has 0 fully saturated rings. The smallest absolute Gasteiger partial charge is 0.209 e. The minimum absolute atomic E-state index is 0.324. The fraction of sp³-hybridized carbons (Fsp3) is 0. The van der Waals surface area contributed by atoms with E-state index in [0.717, 1.165) is 5.52 Å². The summed E-state index contributed by atoms with van der Waals surface area (Å²) in [6.07, 6.45) is 3.25. The van der Waals surface area contributed by atoms with Crippen LogP contribution in [0.4, 0.5) is 0 Å². The predicted molar refractivity (Wildman–Crippen MR) is 43.0 cm³/mol. The van der Waals surface area contributed by atoms with E-state index in [-0.39, 0.29) is 0 Å². The Morgan fingerprint density at radius 2 is 2.18 bits per heavy atom. The van der Waals surface area contributed by atoms with Crippen LogP contribution in [0.15, 0.2) is 18.6 Å². The first-order chi connectivity index (χ1) is 5.27. The van der Waals surface area contributed by atoms with Gasteiger partial charge in [-0.3, -0.25) is 4.40 Å². The second-order valence-electron chi connectivity index (χ2n) is 2.04. The van der Waals surface area contributed by atoms with Crippen molar-refractivity contribution >= 4 is 28.7 Å². The van der Waals surface area contributed by atoms with E-state index in [9.17, 15) is 0 Å². The van der Waals surface area contributed by atoms with Gasteiger partial charge in [-0.2, -0.15) is 0 Å². The van der Waals surface area contributed by atoms with E-state index in [0.29, 0.717) is 10.4 Å². The SMILES string of the molecule is Clc1cc2cncn2c(Cl)n1. The fourth-order valence-corrected chi connectivity index (χ4v) is 1.33. The lowest BCUT2D eigenvalue weighted by molar-refractivity contribution is 1.07. The zero-order valence-electron chi connectivity index (χ0n) is 5.33. The molecule has 2 rings (SSSR count). The average molecular weight is 188 g/mol. The van der Waals surface area contributed by atoms with E-state index in [1.54, 1.807) is 23.0 Å². The van der Waals surface area contributed by atoms with Crippen LogP contribution in [0, 0.1) is 0 Å². The van der Waals surface area contributed by atoms with Crippen LogP contribution < -0.4 is 0 Å². The first-order valence-corrected chi connectivity index (χ1v) is 3.67. The van der Waals surface area contributed by atoms with Gasteiger partial charge in [0.15, 0.2) is 0 Å². The second-order valence-corrected chi connectivity index (χ2v) is 2.76. The summed E-state index contributed by atoms with van der Waals surface area (Å²) >= 11 is 11.4. The first-order valence-electron chi connectivity index (χ1n) is 2.91. The number of fused-ring (bicyclic) bond motifs is 1. The Bertz CT molecular complexity index is 396. The number of hydrogen-bond donors (Lipinski definition) is 0. The molecule has 0 amide bonds. The minimum Gasteiger partial charge on any atom is -0.274 e. The van der Waals surface area contributed by atoms with Crippen molar-refractivity contribution in [3.8, 4) is 0 Å². The van der Waals surface area contributed by atoms with Gasteiger partial charge in [-0.15, -0.1) is 0 Å². The van der Waals surface area contributed by atoms with Crippen LogP contribution >= 0.6 is 23.2 Å². The molecule has 5 heteroatoms. The number of halogens is 2. The van der Waals surface area contributed by atoms with E-state index in [4.69, 9.17) is 23.2 Å². The average Bonchev–Trinajstić information content (AvgIpc) is 2.34. The van der Waals surface area contributed by atoms with Crippen LogP contribution in [-0.4, -0.2) is 14.4 Å². The minimum atomic E-state index is 0.324. The van der Waals surface area contributed by atoms with Crippen LogP contribution in [0.2, 0.25) is 10.4 Å². The Labute approximate surface area is 72.6 Å². The normalized spacial score (nSPS) is 10.7. The molecule has 0 saturated heterocycles. The monoisotopic (exact) mass is 187 g/mol. The summed E-state index contributed by atoms with van der Waals surface area (Å²) in [6, 6.07) is 1.69. The van der Waals surface area contributed by atoms with E-state index in [1.165, 1.54) is 0 Å². The van der Waals surface area contributed by atoms with Crippen molar-refractivity contribution in [2.75, 3.05) is 0 Å². The van der Waals surface area contributed by atoms with Gasteiger partial charge in [0, 0.05) is 6.07 Å². The highest BCUT2D eigenvalue weighted by molar-refractivity contribution is 6.32. The number of nitrogens with zero attached hydrogens (tertiary/aromatic N) is 3. The summed E-state index contributed by atoms with van der Waals surface area (Å²) < 4.78 is 1.65. The van der Waals surface area contributed by atoms with Gasteiger partial charge in [0.1, 0.15) is 11.5 Å². The predicted octanol–water partition coefficient (Wildman–Crippen LogP) is 2.04. The molecule has 3 nitrogen and oxygen atoms in total. The van der Waals surface area contributed by atoms with Gasteiger partial charge >= 0.3 is 0 Å². The third kappa shape index (κ3) is 1.06. The van der Waals surface area contributed by atoms with Crippen LogP contribution in [0.5, 0.6) is 0 Å². The van der Waals surface area contributed by atoms with E-state index >= 15 is 0 Å². The summed E-state index contributed by atoms with van der Waals surface area (Å²) in [4.78, 5) is 7.71. The maximum atomic E-state index is 5.73. The first kappa shape index (κ1) is 6.88. The number of aromatic nitrogens is 3. The largest absolute Gasteiger partial charge is 0.274 e. The van der Waals surface area contributed by atoms with E-state index in [2.05, 4.69) is 9.97 Å². The Morgan fingerprint density at radius 1 is 1.36 bits per heavy atom. The lowest BCUT2D eigenvalue weighted by Gasteiger charge is -1.95. The summed E-state index contributed by atoms with van der Waals surface area (Å²) in [5.74, 6) is 0. The number of imidazole rings is 1. The lowest BCUT2D eigenvalue weighted by atomic mass is 10.5. The maximum Gasteiger partial charge on any atom is 0.209 e. The molecular formula is C6H3Cl2N3. The fourth-order valence-electron chi connectivity index (χ4n) is 0.863. The Kier molecular flexibility index (Phi) is 1.47. The standard InChI is InChI=1S/C6H3Cl2N3/c7-5-1-4-2-9-3-11(4)6(8)10-5/h1-3H. The summed E-state index contributed by atoms with van der Waals surface area (Å²) in [7, 11) is 0. The van der Waals surface area contributed by atoms with Gasteiger partial charge in [0.05, 0.1) is 11.7 Å². The Hall–Kier alpha value is -0.800. The molecule has 0 aliphatic heterocycles. The van der Waals surface area contributed by atoms with Crippen molar-refractivity contribution in [2.24, 2.45) is 0 Å². The highest BCUT2D eigenvalue weighted by Gasteiger charge is 2.00.